The molecule has 1 aromatic rings. The molecule has 0 aromatic heterocycles. The lowest BCUT2D eigenvalue weighted by Gasteiger charge is -2.37. The highest BCUT2D eigenvalue weighted by molar-refractivity contribution is 5.85. The number of methoxy groups -OCH3 is 1. The fourth-order valence-corrected chi connectivity index (χ4v) is 3.39. The van der Waals surface area contributed by atoms with Crippen LogP contribution in [0, 0.1) is 11.6 Å². The first-order valence-corrected chi connectivity index (χ1v) is 7.86. The first-order valence-electron chi connectivity index (χ1n) is 7.86. The van der Waals surface area contributed by atoms with Crippen molar-refractivity contribution in [2.24, 2.45) is 0 Å². The van der Waals surface area contributed by atoms with Crippen LogP contribution in [0.15, 0.2) is 12.1 Å². The summed E-state index contributed by atoms with van der Waals surface area (Å²) in [5.74, 6) is -1.57. The summed E-state index contributed by atoms with van der Waals surface area (Å²) in [6, 6.07) is 3.39. The maximum atomic E-state index is 13.7. The Bertz CT molecular complexity index is 499. The van der Waals surface area contributed by atoms with Gasteiger partial charge in [0.15, 0.2) is 17.4 Å². The molecular weight excluding hydrogens is 359 g/mol. The minimum absolute atomic E-state index is 0. The molecular formula is C16H25Cl2F2N3O. The van der Waals surface area contributed by atoms with Gasteiger partial charge in [0.2, 0.25) is 0 Å². The van der Waals surface area contributed by atoms with Crippen LogP contribution in [-0.2, 0) is 6.54 Å². The summed E-state index contributed by atoms with van der Waals surface area (Å²) in [5.41, 5.74) is 0.659. The second-order valence-corrected chi connectivity index (χ2v) is 6.05. The highest BCUT2D eigenvalue weighted by atomic mass is 35.5. The lowest BCUT2D eigenvalue weighted by Crippen LogP contribution is -2.50. The summed E-state index contributed by atoms with van der Waals surface area (Å²) in [4.78, 5) is 4.77. The second-order valence-electron chi connectivity index (χ2n) is 6.05. The molecule has 2 aliphatic rings. The molecule has 0 saturated carbocycles. The van der Waals surface area contributed by atoms with Crippen LogP contribution in [0.5, 0.6) is 5.75 Å². The number of halogens is 4. The van der Waals surface area contributed by atoms with E-state index in [-0.39, 0.29) is 30.6 Å². The number of ether oxygens (including phenoxy) is 1. The van der Waals surface area contributed by atoms with Crippen molar-refractivity contribution in [2.75, 3.05) is 46.4 Å². The Morgan fingerprint density at radius 1 is 1.12 bits per heavy atom. The lowest BCUT2D eigenvalue weighted by atomic mass is 10.1. The molecule has 2 saturated heterocycles. The molecule has 1 N–H and O–H groups in total. The molecule has 1 unspecified atom stereocenters. The van der Waals surface area contributed by atoms with Crippen LogP contribution in [-0.4, -0.2) is 62.2 Å². The molecule has 0 aliphatic carbocycles. The molecule has 1 atom stereocenters. The van der Waals surface area contributed by atoms with Gasteiger partial charge >= 0.3 is 0 Å². The van der Waals surface area contributed by atoms with Crippen LogP contribution in [0.25, 0.3) is 0 Å². The Kier molecular flexibility index (Phi) is 8.67. The van der Waals surface area contributed by atoms with E-state index in [0.717, 1.165) is 39.3 Å². The number of hydrogen-bond acceptors (Lipinski definition) is 4. The van der Waals surface area contributed by atoms with Crippen molar-refractivity contribution >= 4 is 24.8 Å². The quantitative estimate of drug-likeness (QED) is 0.863. The Morgan fingerprint density at radius 3 is 2.25 bits per heavy atom. The van der Waals surface area contributed by atoms with Crippen LogP contribution in [0.4, 0.5) is 8.78 Å². The SMILES string of the molecule is COc1c(F)cc(CN2CCN(C3CCNC3)CC2)cc1F.Cl.Cl. The zero-order chi connectivity index (χ0) is 15.5. The highest BCUT2D eigenvalue weighted by Crippen LogP contribution is 2.24. The fourth-order valence-electron chi connectivity index (χ4n) is 3.39. The molecule has 1 aromatic carbocycles. The van der Waals surface area contributed by atoms with Crippen LogP contribution >= 0.6 is 24.8 Å². The summed E-state index contributed by atoms with van der Waals surface area (Å²) in [6.45, 7) is 6.68. The van der Waals surface area contributed by atoms with E-state index in [2.05, 4.69) is 15.1 Å². The monoisotopic (exact) mass is 383 g/mol. The van der Waals surface area contributed by atoms with Gasteiger partial charge in [0.25, 0.3) is 0 Å². The lowest BCUT2D eigenvalue weighted by molar-refractivity contribution is 0.0980. The van der Waals surface area contributed by atoms with E-state index in [9.17, 15) is 8.78 Å². The number of nitrogens with one attached hydrogen (secondary N) is 1. The summed E-state index contributed by atoms with van der Waals surface area (Å²) < 4.78 is 32.2. The van der Waals surface area contributed by atoms with E-state index in [1.165, 1.54) is 25.7 Å². The van der Waals surface area contributed by atoms with Crippen molar-refractivity contribution in [1.82, 2.24) is 15.1 Å². The second kappa shape index (κ2) is 9.73. The number of hydrogen-bond donors (Lipinski definition) is 1. The summed E-state index contributed by atoms with van der Waals surface area (Å²) in [5, 5.41) is 3.39. The predicted molar refractivity (Wildman–Crippen MR) is 95.5 cm³/mol. The van der Waals surface area contributed by atoms with Gasteiger partial charge in [-0.15, -0.1) is 24.8 Å². The van der Waals surface area contributed by atoms with Crippen molar-refractivity contribution in [3.63, 3.8) is 0 Å². The Labute approximate surface area is 154 Å². The smallest absolute Gasteiger partial charge is 0.190 e. The summed E-state index contributed by atoms with van der Waals surface area (Å²) in [7, 11) is 1.28. The molecule has 2 fully saturated rings. The van der Waals surface area contributed by atoms with Crippen LogP contribution in [0.2, 0.25) is 0 Å². The van der Waals surface area contributed by atoms with E-state index in [1.807, 2.05) is 0 Å². The normalized spacial score (nSPS) is 21.9. The average molecular weight is 384 g/mol. The summed E-state index contributed by atoms with van der Waals surface area (Å²) >= 11 is 0. The van der Waals surface area contributed by atoms with Crippen molar-refractivity contribution in [3.05, 3.63) is 29.3 Å². The van der Waals surface area contributed by atoms with Crippen LogP contribution in [0.1, 0.15) is 12.0 Å². The minimum atomic E-state index is -0.631. The minimum Gasteiger partial charge on any atom is -0.491 e. The third-order valence-corrected chi connectivity index (χ3v) is 4.63. The first-order chi connectivity index (χ1) is 10.7. The topological polar surface area (TPSA) is 27.7 Å². The van der Waals surface area contributed by atoms with Crippen molar-refractivity contribution in [2.45, 2.75) is 19.0 Å². The van der Waals surface area contributed by atoms with Gasteiger partial charge in [0, 0.05) is 45.3 Å². The maximum Gasteiger partial charge on any atom is 0.190 e. The number of rotatable bonds is 4. The van der Waals surface area contributed by atoms with Gasteiger partial charge in [-0.25, -0.2) is 8.78 Å². The zero-order valence-electron chi connectivity index (χ0n) is 13.8. The molecule has 138 valence electrons. The molecule has 2 heterocycles. The standard InChI is InChI=1S/C16H23F2N3O.2ClH/c1-22-16-14(17)8-12(9-15(16)18)11-20-4-6-21(7-5-20)13-2-3-19-10-13;;/h8-9,13,19H,2-7,10-11H2,1H3;2*1H. The third kappa shape index (κ3) is 4.92. The highest BCUT2D eigenvalue weighted by Gasteiger charge is 2.26. The van der Waals surface area contributed by atoms with Gasteiger partial charge in [0.1, 0.15) is 0 Å². The molecule has 0 radical (unpaired) electrons. The Morgan fingerprint density at radius 2 is 1.75 bits per heavy atom. The molecule has 2 aliphatic heterocycles. The molecule has 8 heteroatoms. The number of nitrogens with zero attached hydrogens (tertiary/aromatic N) is 2. The summed E-state index contributed by atoms with van der Waals surface area (Å²) in [6.07, 6.45) is 1.22. The van der Waals surface area contributed by atoms with Gasteiger partial charge in [-0.3, -0.25) is 9.80 Å². The molecule has 3 rings (SSSR count). The number of benzene rings is 1. The molecule has 0 amide bonds. The molecule has 24 heavy (non-hydrogen) atoms. The largest absolute Gasteiger partial charge is 0.491 e. The van der Waals surface area contributed by atoms with Gasteiger partial charge in [-0.1, -0.05) is 0 Å². The molecule has 0 spiro atoms. The van der Waals surface area contributed by atoms with E-state index >= 15 is 0 Å². The Hall–Kier alpha value is -0.660. The van der Waals surface area contributed by atoms with Crippen molar-refractivity contribution < 1.29 is 13.5 Å². The van der Waals surface area contributed by atoms with Crippen molar-refractivity contribution in [3.8, 4) is 5.75 Å². The van der Waals surface area contributed by atoms with Gasteiger partial charge in [-0.05, 0) is 30.7 Å². The fraction of sp³-hybridized carbons (Fsp3) is 0.625. The maximum absolute atomic E-state index is 13.7. The van der Waals surface area contributed by atoms with E-state index in [0.29, 0.717) is 18.2 Å². The number of piperazine rings is 1. The van der Waals surface area contributed by atoms with Crippen molar-refractivity contribution in [1.29, 1.82) is 0 Å². The van der Waals surface area contributed by atoms with E-state index in [1.54, 1.807) is 0 Å². The Balaban J connectivity index is 0.00000144. The van der Waals surface area contributed by atoms with Crippen LogP contribution in [0.3, 0.4) is 0 Å². The molecule has 0 bridgehead atoms. The first kappa shape index (κ1) is 21.4. The van der Waals surface area contributed by atoms with Gasteiger partial charge in [0.05, 0.1) is 7.11 Å². The molecule has 4 nitrogen and oxygen atoms in total. The van der Waals surface area contributed by atoms with E-state index < -0.39 is 11.6 Å². The van der Waals surface area contributed by atoms with Crippen LogP contribution < -0.4 is 10.1 Å². The third-order valence-electron chi connectivity index (χ3n) is 4.63. The van der Waals surface area contributed by atoms with Gasteiger partial charge in [-0.2, -0.15) is 0 Å². The zero-order valence-corrected chi connectivity index (χ0v) is 15.4. The van der Waals surface area contributed by atoms with E-state index in [4.69, 9.17) is 4.74 Å². The predicted octanol–water partition coefficient (Wildman–Crippen LogP) is 2.30. The average Bonchev–Trinajstić information content (AvgIpc) is 3.02. The van der Waals surface area contributed by atoms with Gasteiger partial charge < -0.3 is 10.1 Å².